The fourth-order valence-corrected chi connectivity index (χ4v) is 2.67. The van der Waals surface area contributed by atoms with Crippen LogP contribution in [0.25, 0.3) is 0 Å². The zero-order valence-corrected chi connectivity index (χ0v) is 17.1. The average Bonchev–Trinajstić information content (AvgIpc) is 2.60. The molecule has 1 saturated heterocycles. The Bertz CT molecular complexity index is 507. The summed E-state index contributed by atoms with van der Waals surface area (Å²) < 4.78 is 10.6. The number of guanidine groups is 1. The Morgan fingerprint density at radius 2 is 2.04 bits per heavy atom. The van der Waals surface area contributed by atoms with Gasteiger partial charge in [-0.05, 0) is 18.6 Å². The molecule has 0 bridgehead atoms. The molecule has 2 rings (SSSR count). The number of halogens is 1. The van der Waals surface area contributed by atoms with Gasteiger partial charge in [0, 0.05) is 45.5 Å². The minimum Gasteiger partial charge on any atom is -0.383 e. The van der Waals surface area contributed by atoms with Gasteiger partial charge in [-0.15, -0.1) is 24.0 Å². The van der Waals surface area contributed by atoms with Gasteiger partial charge in [0.1, 0.15) is 0 Å². The Balaban J connectivity index is 0.00000288. The number of methoxy groups -OCH3 is 1. The van der Waals surface area contributed by atoms with Gasteiger partial charge in [0.05, 0.1) is 19.8 Å². The second-order valence-corrected chi connectivity index (χ2v) is 5.65. The molecule has 6 nitrogen and oxygen atoms in total. The van der Waals surface area contributed by atoms with E-state index in [1.54, 1.807) is 14.2 Å². The summed E-state index contributed by atoms with van der Waals surface area (Å²) in [5, 5.41) is 6.70. The minimum atomic E-state index is 0. The van der Waals surface area contributed by atoms with Crippen LogP contribution in [0.3, 0.4) is 0 Å². The molecular weight excluding hydrogens is 419 g/mol. The predicted octanol–water partition coefficient (Wildman–Crippen LogP) is 1.84. The summed E-state index contributed by atoms with van der Waals surface area (Å²) >= 11 is 0. The lowest BCUT2D eigenvalue weighted by molar-refractivity contribution is 0.122. The average molecular weight is 448 g/mol. The first kappa shape index (κ1) is 21.0. The highest BCUT2D eigenvalue weighted by Gasteiger charge is 2.14. The van der Waals surface area contributed by atoms with Crippen LogP contribution in [0.5, 0.6) is 0 Å². The van der Waals surface area contributed by atoms with Crippen LogP contribution in [0.1, 0.15) is 12.5 Å². The summed E-state index contributed by atoms with van der Waals surface area (Å²) in [7, 11) is 3.48. The van der Waals surface area contributed by atoms with Crippen LogP contribution in [-0.4, -0.2) is 59.1 Å². The number of benzene rings is 1. The number of morpholine rings is 1. The van der Waals surface area contributed by atoms with Crippen molar-refractivity contribution in [2.24, 2.45) is 4.99 Å². The van der Waals surface area contributed by atoms with E-state index in [0.29, 0.717) is 6.61 Å². The van der Waals surface area contributed by atoms with Crippen LogP contribution in [0.4, 0.5) is 5.69 Å². The van der Waals surface area contributed by atoms with E-state index >= 15 is 0 Å². The summed E-state index contributed by atoms with van der Waals surface area (Å²) in [5.74, 6) is 0.784. The van der Waals surface area contributed by atoms with Crippen molar-refractivity contribution in [1.82, 2.24) is 10.6 Å². The van der Waals surface area contributed by atoms with Gasteiger partial charge >= 0.3 is 0 Å². The Morgan fingerprint density at radius 1 is 1.33 bits per heavy atom. The monoisotopic (exact) mass is 448 g/mol. The second kappa shape index (κ2) is 11.5. The number of aliphatic imine (C=N–C) groups is 1. The molecule has 0 aliphatic carbocycles. The number of rotatable bonds is 6. The molecule has 0 saturated carbocycles. The van der Waals surface area contributed by atoms with Gasteiger partial charge in [-0.3, -0.25) is 4.99 Å². The lowest BCUT2D eigenvalue weighted by Gasteiger charge is -2.30. The molecule has 1 aliphatic heterocycles. The minimum absolute atomic E-state index is 0. The smallest absolute Gasteiger partial charge is 0.191 e. The van der Waals surface area contributed by atoms with Crippen LogP contribution < -0.4 is 15.5 Å². The third-order valence-electron chi connectivity index (χ3n) is 3.81. The van der Waals surface area contributed by atoms with E-state index in [1.165, 1.54) is 11.3 Å². The molecule has 2 N–H and O–H groups in total. The van der Waals surface area contributed by atoms with Gasteiger partial charge < -0.3 is 25.0 Å². The maximum atomic E-state index is 5.45. The van der Waals surface area contributed by atoms with Crippen LogP contribution in [-0.2, 0) is 16.0 Å². The van der Waals surface area contributed by atoms with Crippen LogP contribution in [0.2, 0.25) is 0 Å². The second-order valence-electron chi connectivity index (χ2n) is 5.65. The first-order valence-corrected chi connectivity index (χ1v) is 8.11. The van der Waals surface area contributed by atoms with Crippen LogP contribution in [0, 0.1) is 0 Å². The van der Waals surface area contributed by atoms with Crippen molar-refractivity contribution in [3.63, 3.8) is 0 Å². The van der Waals surface area contributed by atoms with E-state index < -0.39 is 0 Å². The van der Waals surface area contributed by atoms with Gasteiger partial charge in [-0.25, -0.2) is 0 Å². The van der Waals surface area contributed by atoms with Gasteiger partial charge in [0.15, 0.2) is 5.96 Å². The SMILES string of the molecule is CN=C(NCc1ccccc1N1CCOCC1)NC(C)COC.I. The maximum Gasteiger partial charge on any atom is 0.191 e. The van der Waals surface area contributed by atoms with Crippen molar-refractivity contribution >= 4 is 35.6 Å². The number of anilines is 1. The van der Waals surface area contributed by atoms with Crippen molar-refractivity contribution in [2.75, 3.05) is 52.0 Å². The fourth-order valence-electron chi connectivity index (χ4n) is 2.67. The topological polar surface area (TPSA) is 58.1 Å². The van der Waals surface area contributed by atoms with E-state index in [4.69, 9.17) is 9.47 Å². The highest BCUT2D eigenvalue weighted by molar-refractivity contribution is 14.0. The maximum absolute atomic E-state index is 5.45. The largest absolute Gasteiger partial charge is 0.383 e. The highest BCUT2D eigenvalue weighted by atomic mass is 127. The molecule has 0 amide bonds. The molecule has 1 aromatic carbocycles. The summed E-state index contributed by atoms with van der Waals surface area (Å²) in [4.78, 5) is 6.65. The predicted molar refractivity (Wildman–Crippen MR) is 110 cm³/mol. The Hall–Kier alpha value is -1.06. The summed E-state index contributed by atoms with van der Waals surface area (Å²) in [6.45, 7) is 6.90. The molecule has 1 heterocycles. The first-order valence-electron chi connectivity index (χ1n) is 8.11. The van der Waals surface area contributed by atoms with Crippen molar-refractivity contribution in [3.8, 4) is 0 Å². The van der Waals surface area contributed by atoms with Gasteiger partial charge in [-0.1, -0.05) is 18.2 Å². The third-order valence-corrected chi connectivity index (χ3v) is 3.81. The van der Waals surface area contributed by atoms with E-state index in [-0.39, 0.29) is 30.0 Å². The number of hydrogen-bond acceptors (Lipinski definition) is 4. The Kier molecular flexibility index (Phi) is 10.0. The zero-order valence-electron chi connectivity index (χ0n) is 14.7. The van der Waals surface area contributed by atoms with Gasteiger partial charge in [0.2, 0.25) is 0 Å². The molecule has 1 unspecified atom stereocenters. The quantitative estimate of drug-likeness (QED) is 0.395. The van der Waals surface area contributed by atoms with Gasteiger partial charge in [-0.2, -0.15) is 0 Å². The molecule has 0 aromatic heterocycles. The van der Waals surface area contributed by atoms with Gasteiger partial charge in [0.25, 0.3) is 0 Å². The lowest BCUT2D eigenvalue weighted by Crippen LogP contribution is -2.44. The highest BCUT2D eigenvalue weighted by Crippen LogP contribution is 2.21. The molecule has 1 fully saturated rings. The zero-order chi connectivity index (χ0) is 16.5. The number of ether oxygens (including phenoxy) is 2. The van der Waals surface area contributed by atoms with Crippen molar-refractivity contribution in [2.45, 2.75) is 19.5 Å². The molecule has 136 valence electrons. The van der Waals surface area contributed by atoms with Crippen molar-refractivity contribution in [1.29, 1.82) is 0 Å². The number of para-hydroxylation sites is 1. The molecule has 1 aromatic rings. The lowest BCUT2D eigenvalue weighted by atomic mass is 10.1. The number of nitrogens with zero attached hydrogens (tertiary/aromatic N) is 2. The molecule has 1 aliphatic rings. The number of nitrogens with one attached hydrogen (secondary N) is 2. The van der Waals surface area contributed by atoms with Crippen LogP contribution >= 0.6 is 24.0 Å². The molecule has 1 atom stereocenters. The fraction of sp³-hybridized carbons (Fsp3) is 0.588. The summed E-state index contributed by atoms with van der Waals surface area (Å²) in [5.41, 5.74) is 2.53. The normalized spacial score (nSPS) is 16.3. The van der Waals surface area contributed by atoms with E-state index in [9.17, 15) is 0 Å². The first-order chi connectivity index (χ1) is 11.2. The third kappa shape index (κ3) is 6.45. The molecule has 7 heteroatoms. The van der Waals surface area contributed by atoms with Crippen molar-refractivity contribution in [3.05, 3.63) is 29.8 Å². The Morgan fingerprint density at radius 3 is 2.71 bits per heavy atom. The Labute approximate surface area is 162 Å². The molecule has 24 heavy (non-hydrogen) atoms. The summed E-state index contributed by atoms with van der Waals surface area (Å²) in [6, 6.07) is 8.70. The molecular formula is C17H29IN4O2. The van der Waals surface area contributed by atoms with E-state index in [1.807, 2.05) is 0 Å². The molecule has 0 radical (unpaired) electrons. The standard InChI is InChI=1S/C17H28N4O2.HI/c1-14(13-22-3)20-17(18-2)19-12-15-6-4-5-7-16(15)21-8-10-23-11-9-21;/h4-7,14H,8-13H2,1-3H3,(H2,18,19,20);1H. The van der Waals surface area contributed by atoms with E-state index in [2.05, 4.69) is 51.7 Å². The number of hydrogen-bond donors (Lipinski definition) is 2. The van der Waals surface area contributed by atoms with Crippen LogP contribution in [0.15, 0.2) is 29.3 Å². The van der Waals surface area contributed by atoms with E-state index in [0.717, 1.165) is 38.8 Å². The molecule has 0 spiro atoms. The van der Waals surface area contributed by atoms with Crippen molar-refractivity contribution < 1.29 is 9.47 Å². The summed E-state index contributed by atoms with van der Waals surface area (Å²) in [6.07, 6.45) is 0.